The molecule has 0 aromatic carbocycles. The Morgan fingerprint density at radius 3 is 2.36 bits per heavy atom. The van der Waals surface area contributed by atoms with Crippen LogP contribution in [-0.4, -0.2) is 42.2 Å². The van der Waals surface area contributed by atoms with Gasteiger partial charge in [-0.15, -0.1) is 0 Å². The predicted octanol–water partition coefficient (Wildman–Crippen LogP) is 1.49. The molecule has 1 aromatic heterocycles. The maximum absolute atomic E-state index is 12.2. The standard InChI is InChI=1S/C18H25N3O4/c1-11-5-14(9-24-11)17(22)20-8-13-3-4-19-16(7-13)21-18(23)15-6-12(2)25-10-15/h3-4,7,11-12,14-15H,5-6,8-10H2,1-2H3,(H,20,22)(H,19,21,23). The quantitative estimate of drug-likeness (QED) is 0.842. The van der Waals surface area contributed by atoms with E-state index in [1.54, 1.807) is 12.3 Å². The van der Waals surface area contributed by atoms with Crippen molar-refractivity contribution in [3.63, 3.8) is 0 Å². The number of nitrogens with zero attached hydrogens (tertiary/aromatic N) is 1. The zero-order valence-corrected chi connectivity index (χ0v) is 14.7. The highest BCUT2D eigenvalue weighted by molar-refractivity contribution is 5.92. The van der Waals surface area contributed by atoms with Crippen LogP contribution in [0.1, 0.15) is 32.3 Å². The predicted molar refractivity (Wildman–Crippen MR) is 91.8 cm³/mol. The highest BCUT2D eigenvalue weighted by Crippen LogP contribution is 2.21. The number of hydrogen-bond acceptors (Lipinski definition) is 5. The molecule has 4 unspecified atom stereocenters. The van der Waals surface area contributed by atoms with Crippen molar-refractivity contribution < 1.29 is 19.1 Å². The van der Waals surface area contributed by atoms with Crippen molar-refractivity contribution in [2.24, 2.45) is 11.8 Å². The van der Waals surface area contributed by atoms with Gasteiger partial charge in [-0.3, -0.25) is 9.59 Å². The number of aromatic nitrogens is 1. The molecule has 0 bridgehead atoms. The third kappa shape index (κ3) is 4.76. The van der Waals surface area contributed by atoms with Crippen molar-refractivity contribution in [3.8, 4) is 0 Å². The third-order valence-electron chi connectivity index (χ3n) is 4.68. The number of carbonyl (C=O) groups excluding carboxylic acids is 2. The Kier molecular flexibility index (Phi) is 5.65. The molecule has 3 rings (SSSR count). The first kappa shape index (κ1) is 17.8. The van der Waals surface area contributed by atoms with E-state index in [2.05, 4.69) is 15.6 Å². The van der Waals surface area contributed by atoms with Crippen molar-refractivity contribution >= 4 is 17.6 Å². The summed E-state index contributed by atoms with van der Waals surface area (Å²) in [4.78, 5) is 28.5. The molecular weight excluding hydrogens is 322 g/mol. The first-order valence-electron chi connectivity index (χ1n) is 8.78. The normalized spacial score (nSPS) is 28.7. The molecule has 2 saturated heterocycles. The summed E-state index contributed by atoms with van der Waals surface area (Å²) in [7, 11) is 0. The molecule has 2 aliphatic rings. The number of nitrogens with one attached hydrogen (secondary N) is 2. The van der Waals surface area contributed by atoms with Crippen molar-refractivity contribution in [1.29, 1.82) is 0 Å². The minimum atomic E-state index is -0.135. The van der Waals surface area contributed by atoms with Gasteiger partial charge in [0.2, 0.25) is 11.8 Å². The van der Waals surface area contributed by atoms with Crippen LogP contribution in [0.3, 0.4) is 0 Å². The summed E-state index contributed by atoms with van der Waals surface area (Å²) >= 11 is 0. The summed E-state index contributed by atoms with van der Waals surface area (Å²) in [6.07, 6.45) is 3.37. The van der Waals surface area contributed by atoms with E-state index in [0.717, 1.165) is 18.4 Å². The molecule has 0 saturated carbocycles. The van der Waals surface area contributed by atoms with Crippen molar-refractivity contribution in [1.82, 2.24) is 10.3 Å². The van der Waals surface area contributed by atoms with Crippen LogP contribution in [0, 0.1) is 11.8 Å². The molecule has 136 valence electrons. The first-order chi connectivity index (χ1) is 12.0. The Bertz CT molecular complexity index is 637. The second kappa shape index (κ2) is 7.93. The fourth-order valence-corrected chi connectivity index (χ4v) is 3.21. The second-order valence-corrected chi connectivity index (χ2v) is 6.91. The molecule has 0 spiro atoms. The molecule has 2 N–H and O–H groups in total. The Morgan fingerprint density at radius 1 is 1.12 bits per heavy atom. The minimum absolute atomic E-state index is 0.00356. The van der Waals surface area contributed by atoms with E-state index < -0.39 is 0 Å². The lowest BCUT2D eigenvalue weighted by Gasteiger charge is -2.12. The van der Waals surface area contributed by atoms with E-state index in [1.165, 1.54) is 0 Å². The lowest BCUT2D eigenvalue weighted by atomic mass is 10.1. The van der Waals surface area contributed by atoms with E-state index in [1.807, 2.05) is 19.9 Å². The monoisotopic (exact) mass is 347 g/mol. The highest BCUT2D eigenvalue weighted by Gasteiger charge is 2.29. The van der Waals surface area contributed by atoms with Crippen molar-refractivity contribution in [2.45, 2.75) is 45.4 Å². The van der Waals surface area contributed by atoms with Crippen molar-refractivity contribution in [2.75, 3.05) is 18.5 Å². The Balaban J connectivity index is 1.51. The van der Waals surface area contributed by atoms with Gasteiger partial charge >= 0.3 is 0 Å². The number of ether oxygens (including phenoxy) is 2. The van der Waals surface area contributed by atoms with Gasteiger partial charge in [0.05, 0.1) is 37.3 Å². The van der Waals surface area contributed by atoms with Gasteiger partial charge in [-0.05, 0) is 44.4 Å². The Hall–Kier alpha value is -1.99. The molecule has 3 heterocycles. The summed E-state index contributed by atoms with van der Waals surface area (Å²) in [5.41, 5.74) is 0.890. The average molecular weight is 347 g/mol. The van der Waals surface area contributed by atoms with E-state index in [-0.39, 0.29) is 35.9 Å². The van der Waals surface area contributed by atoms with E-state index >= 15 is 0 Å². The van der Waals surface area contributed by atoms with Crippen LogP contribution < -0.4 is 10.6 Å². The van der Waals surface area contributed by atoms with Crippen LogP contribution >= 0.6 is 0 Å². The summed E-state index contributed by atoms with van der Waals surface area (Å²) in [5, 5.41) is 5.75. The van der Waals surface area contributed by atoms with Gasteiger partial charge in [-0.1, -0.05) is 0 Å². The molecule has 4 atom stereocenters. The lowest BCUT2D eigenvalue weighted by Crippen LogP contribution is -2.30. The van der Waals surface area contributed by atoms with E-state index in [4.69, 9.17) is 9.47 Å². The zero-order valence-electron chi connectivity index (χ0n) is 14.7. The Labute approximate surface area is 147 Å². The van der Waals surface area contributed by atoms with Crippen LogP contribution in [0.25, 0.3) is 0 Å². The van der Waals surface area contributed by atoms with Crippen LogP contribution in [0.15, 0.2) is 18.3 Å². The van der Waals surface area contributed by atoms with Crippen LogP contribution in [0.4, 0.5) is 5.82 Å². The van der Waals surface area contributed by atoms with Gasteiger partial charge in [0.15, 0.2) is 0 Å². The highest BCUT2D eigenvalue weighted by atomic mass is 16.5. The fourth-order valence-electron chi connectivity index (χ4n) is 3.21. The second-order valence-electron chi connectivity index (χ2n) is 6.91. The Morgan fingerprint density at radius 2 is 1.76 bits per heavy atom. The summed E-state index contributed by atoms with van der Waals surface area (Å²) in [6, 6.07) is 3.61. The van der Waals surface area contributed by atoms with Crippen LogP contribution in [-0.2, 0) is 25.6 Å². The fraction of sp³-hybridized carbons (Fsp3) is 0.611. The molecular formula is C18H25N3O4. The molecule has 7 nitrogen and oxygen atoms in total. The SMILES string of the molecule is CC1CC(C(=O)NCc2ccnc(NC(=O)C3COC(C)C3)c2)CO1. The van der Waals surface area contributed by atoms with Gasteiger partial charge in [0.1, 0.15) is 5.82 Å². The number of amides is 2. The number of hydrogen-bond donors (Lipinski definition) is 2. The molecule has 0 radical (unpaired) electrons. The molecule has 2 aliphatic heterocycles. The number of carbonyl (C=O) groups is 2. The number of anilines is 1. The number of rotatable bonds is 5. The van der Waals surface area contributed by atoms with Gasteiger partial charge < -0.3 is 20.1 Å². The van der Waals surface area contributed by atoms with Gasteiger partial charge in [-0.25, -0.2) is 4.98 Å². The topological polar surface area (TPSA) is 89.6 Å². The van der Waals surface area contributed by atoms with Crippen molar-refractivity contribution in [3.05, 3.63) is 23.9 Å². The first-order valence-corrected chi connectivity index (χ1v) is 8.78. The molecule has 0 aliphatic carbocycles. The molecule has 25 heavy (non-hydrogen) atoms. The maximum atomic E-state index is 12.2. The molecule has 2 amide bonds. The largest absolute Gasteiger partial charge is 0.378 e. The van der Waals surface area contributed by atoms with Crippen LogP contribution in [0.5, 0.6) is 0 Å². The zero-order chi connectivity index (χ0) is 17.8. The molecule has 2 fully saturated rings. The summed E-state index contributed by atoms with van der Waals surface area (Å²) in [6.45, 7) is 5.27. The number of pyridine rings is 1. The van der Waals surface area contributed by atoms with Gasteiger partial charge in [0.25, 0.3) is 0 Å². The summed E-state index contributed by atoms with van der Waals surface area (Å²) in [5.74, 6) is 0.206. The van der Waals surface area contributed by atoms with E-state index in [9.17, 15) is 9.59 Å². The van der Waals surface area contributed by atoms with Crippen LogP contribution in [0.2, 0.25) is 0 Å². The lowest BCUT2D eigenvalue weighted by molar-refractivity contribution is -0.125. The summed E-state index contributed by atoms with van der Waals surface area (Å²) < 4.78 is 10.9. The minimum Gasteiger partial charge on any atom is -0.378 e. The average Bonchev–Trinajstić information content (AvgIpc) is 3.21. The smallest absolute Gasteiger partial charge is 0.231 e. The third-order valence-corrected chi connectivity index (χ3v) is 4.68. The van der Waals surface area contributed by atoms with E-state index in [0.29, 0.717) is 25.6 Å². The molecule has 1 aromatic rings. The van der Waals surface area contributed by atoms with Gasteiger partial charge in [0, 0.05) is 12.7 Å². The molecule has 7 heteroatoms. The maximum Gasteiger partial charge on any atom is 0.231 e. The van der Waals surface area contributed by atoms with Gasteiger partial charge in [-0.2, -0.15) is 0 Å².